The van der Waals surface area contributed by atoms with Crippen molar-refractivity contribution in [2.75, 3.05) is 6.61 Å². The molecule has 1 aromatic rings. The summed E-state index contributed by atoms with van der Waals surface area (Å²) in [7, 11) is 0. The van der Waals surface area contributed by atoms with Gasteiger partial charge in [-0.15, -0.1) is 0 Å². The summed E-state index contributed by atoms with van der Waals surface area (Å²) in [6, 6.07) is 7.12. The molecule has 0 bridgehead atoms. The van der Waals surface area contributed by atoms with Crippen molar-refractivity contribution in [2.24, 2.45) is 0 Å². The number of hydrogen-bond donors (Lipinski definition) is 1. The van der Waals surface area contributed by atoms with E-state index in [2.05, 4.69) is 0 Å². The van der Waals surface area contributed by atoms with Gasteiger partial charge in [0, 0.05) is 5.56 Å². The Bertz CT molecular complexity index is 373. The third kappa shape index (κ3) is 2.00. The molecule has 2 unspecified atom stereocenters. The molecule has 15 heavy (non-hydrogen) atoms. The van der Waals surface area contributed by atoms with Gasteiger partial charge in [0.25, 0.3) is 0 Å². The second-order valence-electron chi connectivity index (χ2n) is 3.52. The molecule has 1 heterocycles. The van der Waals surface area contributed by atoms with Gasteiger partial charge in [-0.2, -0.15) is 0 Å². The number of carbonyl (C=O) groups is 1. The zero-order chi connectivity index (χ0) is 10.8. The summed E-state index contributed by atoms with van der Waals surface area (Å²) < 4.78 is 10.3. The van der Waals surface area contributed by atoms with Crippen molar-refractivity contribution in [3.63, 3.8) is 0 Å². The maximum Gasteiger partial charge on any atom is 0.345 e. The molecule has 0 radical (unpaired) electrons. The molecule has 1 aliphatic heterocycles. The molecule has 0 aromatic heterocycles. The minimum Gasteiger partial charge on any atom is -0.424 e. The second kappa shape index (κ2) is 4.00. The molecule has 4 nitrogen and oxygen atoms in total. The maximum absolute atomic E-state index is 11.4. The molecule has 2 rings (SSSR count). The van der Waals surface area contributed by atoms with E-state index in [0.29, 0.717) is 5.75 Å². The lowest BCUT2D eigenvalue weighted by Gasteiger charge is -2.10. The Labute approximate surface area is 87.4 Å². The molecule has 0 amide bonds. The predicted molar refractivity (Wildman–Crippen MR) is 52.5 cm³/mol. The van der Waals surface area contributed by atoms with Crippen LogP contribution in [0, 0.1) is 0 Å². The fraction of sp³-hybridized carbons (Fsp3) is 0.364. The van der Waals surface area contributed by atoms with Crippen LogP contribution in [0.4, 0.5) is 0 Å². The van der Waals surface area contributed by atoms with Crippen molar-refractivity contribution in [1.29, 1.82) is 0 Å². The van der Waals surface area contributed by atoms with Crippen LogP contribution in [-0.2, 0) is 9.53 Å². The first-order chi connectivity index (χ1) is 7.18. The molecule has 0 aliphatic carbocycles. The van der Waals surface area contributed by atoms with Crippen LogP contribution in [0.15, 0.2) is 24.3 Å². The zero-order valence-electron chi connectivity index (χ0n) is 8.34. The van der Waals surface area contributed by atoms with E-state index in [9.17, 15) is 4.79 Å². The van der Waals surface area contributed by atoms with E-state index in [-0.39, 0.29) is 6.61 Å². The van der Waals surface area contributed by atoms with Gasteiger partial charge in [-0.25, -0.2) is 4.79 Å². The van der Waals surface area contributed by atoms with Crippen LogP contribution in [0.1, 0.15) is 18.6 Å². The number of aliphatic hydroxyl groups is 1. The summed E-state index contributed by atoms with van der Waals surface area (Å²) in [6.07, 6.45) is -1.29. The summed E-state index contributed by atoms with van der Waals surface area (Å²) in [5.41, 5.74) is 0.725. The Balaban J connectivity index is 2.15. The third-order valence-corrected chi connectivity index (χ3v) is 2.13. The van der Waals surface area contributed by atoms with E-state index in [4.69, 9.17) is 14.6 Å². The topological polar surface area (TPSA) is 55.8 Å². The number of esters is 1. The van der Waals surface area contributed by atoms with Gasteiger partial charge < -0.3 is 14.6 Å². The van der Waals surface area contributed by atoms with Crippen molar-refractivity contribution < 1.29 is 19.4 Å². The van der Waals surface area contributed by atoms with Gasteiger partial charge in [-0.3, -0.25) is 0 Å². The van der Waals surface area contributed by atoms with E-state index in [0.717, 1.165) is 5.56 Å². The van der Waals surface area contributed by atoms with Crippen LogP contribution in [0.3, 0.4) is 0 Å². The summed E-state index contributed by atoms with van der Waals surface area (Å²) >= 11 is 0. The molecule has 80 valence electrons. The number of benzene rings is 1. The summed E-state index contributed by atoms with van der Waals surface area (Å²) in [5, 5.41) is 9.07. The van der Waals surface area contributed by atoms with E-state index >= 15 is 0 Å². The van der Waals surface area contributed by atoms with Gasteiger partial charge in [-0.1, -0.05) is 18.2 Å². The highest BCUT2D eigenvalue weighted by molar-refractivity contribution is 5.84. The second-order valence-corrected chi connectivity index (χ2v) is 3.52. The Kier molecular flexibility index (Phi) is 2.70. The molecule has 0 saturated heterocycles. The van der Waals surface area contributed by atoms with Crippen LogP contribution < -0.4 is 4.74 Å². The van der Waals surface area contributed by atoms with Crippen LogP contribution in [-0.4, -0.2) is 23.8 Å². The first-order valence-corrected chi connectivity index (χ1v) is 4.79. The SMILES string of the molecule is CC(O)COC1C(=O)Oc2ccccc21. The standard InChI is InChI=1S/C11H12O4/c1-7(12)6-14-10-8-4-2-3-5-9(8)15-11(10)13/h2-5,7,10,12H,6H2,1H3. The average Bonchev–Trinajstić information content (AvgIpc) is 2.50. The number of hydrogen-bond acceptors (Lipinski definition) is 4. The predicted octanol–water partition coefficient (Wildman–Crippen LogP) is 1.04. The van der Waals surface area contributed by atoms with Crippen LogP contribution >= 0.6 is 0 Å². The average molecular weight is 208 g/mol. The molecule has 1 aliphatic rings. The summed E-state index contributed by atoms with van der Waals surface area (Å²) in [6.45, 7) is 1.72. The van der Waals surface area contributed by atoms with Gasteiger partial charge in [0.1, 0.15) is 5.75 Å². The quantitative estimate of drug-likeness (QED) is 0.595. The lowest BCUT2D eigenvalue weighted by atomic mass is 10.1. The molecule has 1 aromatic carbocycles. The normalized spacial score (nSPS) is 20.9. The maximum atomic E-state index is 11.4. The molecule has 0 spiro atoms. The van der Waals surface area contributed by atoms with E-state index in [1.54, 1.807) is 25.1 Å². The molecule has 1 N–H and O–H groups in total. The Hall–Kier alpha value is -1.39. The van der Waals surface area contributed by atoms with Gasteiger partial charge >= 0.3 is 5.97 Å². The van der Waals surface area contributed by atoms with Crippen molar-refractivity contribution in [1.82, 2.24) is 0 Å². The fourth-order valence-corrected chi connectivity index (χ4v) is 1.47. The Morgan fingerprint density at radius 3 is 3.00 bits per heavy atom. The molecule has 0 saturated carbocycles. The monoisotopic (exact) mass is 208 g/mol. The Morgan fingerprint density at radius 2 is 2.27 bits per heavy atom. The molecule has 0 fully saturated rings. The fourth-order valence-electron chi connectivity index (χ4n) is 1.47. The van der Waals surface area contributed by atoms with Crippen molar-refractivity contribution in [2.45, 2.75) is 19.1 Å². The van der Waals surface area contributed by atoms with Crippen molar-refractivity contribution in [3.05, 3.63) is 29.8 Å². The number of aliphatic hydroxyl groups excluding tert-OH is 1. The first kappa shape index (κ1) is 10.1. The Morgan fingerprint density at radius 1 is 1.53 bits per heavy atom. The van der Waals surface area contributed by atoms with Gasteiger partial charge in [0.05, 0.1) is 12.7 Å². The van der Waals surface area contributed by atoms with E-state index in [1.165, 1.54) is 0 Å². The highest BCUT2D eigenvalue weighted by Gasteiger charge is 2.33. The number of para-hydroxylation sites is 1. The van der Waals surface area contributed by atoms with Crippen molar-refractivity contribution in [3.8, 4) is 5.75 Å². The molecular formula is C11H12O4. The molecule has 2 atom stereocenters. The van der Waals surface area contributed by atoms with Crippen LogP contribution in [0.5, 0.6) is 5.75 Å². The number of carbonyl (C=O) groups excluding carboxylic acids is 1. The third-order valence-electron chi connectivity index (χ3n) is 2.13. The van der Waals surface area contributed by atoms with Crippen molar-refractivity contribution >= 4 is 5.97 Å². The minimum atomic E-state index is -0.698. The highest BCUT2D eigenvalue weighted by Crippen LogP contribution is 2.35. The summed E-state index contributed by atoms with van der Waals surface area (Å²) in [5.74, 6) is 0.120. The number of fused-ring (bicyclic) bond motifs is 1. The highest BCUT2D eigenvalue weighted by atomic mass is 16.6. The lowest BCUT2D eigenvalue weighted by molar-refractivity contribution is -0.145. The first-order valence-electron chi connectivity index (χ1n) is 4.79. The van der Waals surface area contributed by atoms with Gasteiger partial charge in [0.2, 0.25) is 0 Å². The van der Waals surface area contributed by atoms with Crippen LogP contribution in [0.2, 0.25) is 0 Å². The van der Waals surface area contributed by atoms with Crippen LogP contribution in [0.25, 0.3) is 0 Å². The van der Waals surface area contributed by atoms with Gasteiger partial charge in [0.15, 0.2) is 6.10 Å². The smallest absolute Gasteiger partial charge is 0.345 e. The zero-order valence-corrected chi connectivity index (χ0v) is 8.34. The minimum absolute atomic E-state index is 0.119. The number of rotatable bonds is 3. The molecular weight excluding hydrogens is 196 g/mol. The largest absolute Gasteiger partial charge is 0.424 e. The lowest BCUT2D eigenvalue weighted by Crippen LogP contribution is -2.19. The number of ether oxygens (including phenoxy) is 2. The van der Waals surface area contributed by atoms with E-state index in [1.807, 2.05) is 6.07 Å². The van der Waals surface area contributed by atoms with Gasteiger partial charge in [-0.05, 0) is 13.0 Å². The van der Waals surface area contributed by atoms with E-state index < -0.39 is 18.2 Å². The molecule has 4 heteroatoms. The summed E-state index contributed by atoms with van der Waals surface area (Å²) in [4.78, 5) is 11.4.